The second-order valence-corrected chi connectivity index (χ2v) is 4.47. The van der Waals surface area contributed by atoms with Crippen molar-refractivity contribution in [3.63, 3.8) is 0 Å². The number of aromatic nitrogens is 2. The van der Waals surface area contributed by atoms with E-state index in [9.17, 15) is 0 Å². The summed E-state index contributed by atoms with van der Waals surface area (Å²) in [5, 5.41) is 3.04. The largest absolute Gasteiger partial charge is 0.226 e. The van der Waals surface area contributed by atoms with Gasteiger partial charge in [-0.05, 0) is 23.0 Å². The summed E-state index contributed by atoms with van der Waals surface area (Å²) >= 11 is 10.8. The van der Waals surface area contributed by atoms with E-state index in [2.05, 4.69) is 25.9 Å². The van der Waals surface area contributed by atoms with Crippen molar-refractivity contribution in [3.8, 4) is 10.6 Å². The zero-order valence-corrected chi connectivity index (χ0v) is 10.2. The standard InChI is InChI=1S/C9H6BrClN2S/c10-4-6-5-12-9(11)13-8(6)7-2-1-3-14-7/h1-3,5H,4H2. The Balaban J connectivity index is 2.55. The molecule has 72 valence electrons. The van der Waals surface area contributed by atoms with Crippen molar-refractivity contribution >= 4 is 38.9 Å². The summed E-state index contributed by atoms with van der Waals surface area (Å²) in [4.78, 5) is 9.29. The summed E-state index contributed by atoms with van der Waals surface area (Å²) in [6.07, 6.45) is 1.75. The van der Waals surface area contributed by atoms with Gasteiger partial charge in [0, 0.05) is 17.1 Å². The first-order chi connectivity index (χ1) is 6.81. The van der Waals surface area contributed by atoms with Gasteiger partial charge >= 0.3 is 0 Å². The zero-order valence-electron chi connectivity index (χ0n) is 7.08. The molecule has 0 spiro atoms. The lowest BCUT2D eigenvalue weighted by atomic mass is 10.2. The van der Waals surface area contributed by atoms with E-state index in [1.807, 2.05) is 17.5 Å². The first-order valence-electron chi connectivity index (χ1n) is 3.92. The van der Waals surface area contributed by atoms with E-state index in [1.165, 1.54) is 0 Å². The number of hydrogen-bond donors (Lipinski definition) is 0. The molecule has 0 fully saturated rings. The van der Waals surface area contributed by atoms with E-state index in [-0.39, 0.29) is 5.28 Å². The number of rotatable bonds is 2. The van der Waals surface area contributed by atoms with Gasteiger partial charge in [0.25, 0.3) is 0 Å². The van der Waals surface area contributed by atoms with Crippen molar-refractivity contribution in [2.24, 2.45) is 0 Å². The van der Waals surface area contributed by atoms with Gasteiger partial charge in [0.15, 0.2) is 0 Å². The molecule has 2 rings (SSSR count). The van der Waals surface area contributed by atoms with E-state index in [0.717, 1.165) is 21.5 Å². The van der Waals surface area contributed by atoms with Gasteiger partial charge in [-0.1, -0.05) is 22.0 Å². The van der Waals surface area contributed by atoms with Gasteiger partial charge in [-0.15, -0.1) is 11.3 Å². The molecule has 0 aliphatic carbocycles. The monoisotopic (exact) mass is 288 g/mol. The molecule has 0 radical (unpaired) electrons. The molecule has 2 aromatic rings. The molecule has 0 saturated heterocycles. The van der Waals surface area contributed by atoms with Crippen LogP contribution >= 0.6 is 38.9 Å². The second-order valence-electron chi connectivity index (χ2n) is 2.62. The molecule has 0 amide bonds. The Kier molecular flexibility index (Phi) is 3.15. The fourth-order valence-electron chi connectivity index (χ4n) is 1.11. The van der Waals surface area contributed by atoms with Crippen molar-refractivity contribution in [2.45, 2.75) is 5.33 Å². The molecule has 0 aliphatic heterocycles. The molecule has 0 N–H and O–H groups in total. The Morgan fingerprint density at radius 3 is 3.00 bits per heavy atom. The summed E-state index contributed by atoms with van der Waals surface area (Å²) in [5.74, 6) is 0. The highest BCUT2D eigenvalue weighted by Crippen LogP contribution is 2.27. The van der Waals surface area contributed by atoms with E-state index >= 15 is 0 Å². The minimum Gasteiger partial charge on any atom is -0.226 e. The SMILES string of the molecule is Clc1ncc(CBr)c(-c2cccs2)n1. The highest BCUT2D eigenvalue weighted by atomic mass is 79.9. The predicted octanol–water partition coefficient (Wildman–Crippen LogP) is 3.75. The van der Waals surface area contributed by atoms with E-state index in [1.54, 1.807) is 17.5 Å². The van der Waals surface area contributed by atoms with Crippen LogP contribution in [-0.2, 0) is 5.33 Å². The molecular formula is C9H6BrClN2S. The van der Waals surface area contributed by atoms with E-state index in [0.29, 0.717) is 0 Å². The Morgan fingerprint density at radius 2 is 2.36 bits per heavy atom. The van der Waals surface area contributed by atoms with Gasteiger partial charge in [0.2, 0.25) is 5.28 Å². The molecule has 0 aliphatic rings. The molecule has 0 unspecified atom stereocenters. The van der Waals surface area contributed by atoms with Crippen LogP contribution in [0.2, 0.25) is 5.28 Å². The molecule has 2 nitrogen and oxygen atoms in total. The first-order valence-corrected chi connectivity index (χ1v) is 6.30. The van der Waals surface area contributed by atoms with Crippen molar-refractivity contribution < 1.29 is 0 Å². The molecule has 0 bridgehead atoms. The summed E-state index contributed by atoms with van der Waals surface area (Å²) in [6, 6.07) is 4.02. The number of hydrogen-bond acceptors (Lipinski definition) is 3. The maximum absolute atomic E-state index is 5.76. The quantitative estimate of drug-likeness (QED) is 0.621. The summed E-state index contributed by atoms with van der Waals surface area (Å²) < 4.78 is 0. The normalized spacial score (nSPS) is 10.4. The van der Waals surface area contributed by atoms with Crippen LogP contribution in [-0.4, -0.2) is 9.97 Å². The molecule has 2 heterocycles. The molecule has 5 heteroatoms. The fraction of sp³-hybridized carbons (Fsp3) is 0.111. The lowest BCUT2D eigenvalue weighted by Gasteiger charge is -2.02. The Morgan fingerprint density at radius 1 is 1.50 bits per heavy atom. The molecule has 0 atom stereocenters. The Bertz CT molecular complexity index is 430. The highest BCUT2D eigenvalue weighted by molar-refractivity contribution is 9.08. The van der Waals surface area contributed by atoms with Crippen LogP contribution in [0.3, 0.4) is 0 Å². The van der Waals surface area contributed by atoms with Crippen LogP contribution in [0, 0.1) is 0 Å². The maximum Gasteiger partial charge on any atom is 0.222 e. The molecule has 14 heavy (non-hydrogen) atoms. The molecule has 2 aromatic heterocycles. The van der Waals surface area contributed by atoms with Crippen LogP contribution in [0.4, 0.5) is 0 Å². The third-order valence-electron chi connectivity index (χ3n) is 1.73. The van der Waals surface area contributed by atoms with Gasteiger partial charge < -0.3 is 0 Å². The predicted molar refractivity (Wildman–Crippen MR) is 63.0 cm³/mol. The minimum absolute atomic E-state index is 0.290. The van der Waals surface area contributed by atoms with Crippen molar-refractivity contribution in [1.29, 1.82) is 0 Å². The zero-order chi connectivity index (χ0) is 9.97. The molecule has 0 saturated carbocycles. The third-order valence-corrected chi connectivity index (χ3v) is 3.40. The Labute approximate surface area is 99.1 Å². The van der Waals surface area contributed by atoms with Gasteiger partial charge in [-0.25, -0.2) is 9.97 Å². The lowest BCUT2D eigenvalue weighted by molar-refractivity contribution is 1.13. The Hall–Kier alpha value is -0.450. The van der Waals surface area contributed by atoms with Crippen molar-refractivity contribution in [1.82, 2.24) is 9.97 Å². The summed E-state index contributed by atoms with van der Waals surface area (Å²) in [7, 11) is 0. The molecular weight excluding hydrogens is 284 g/mol. The number of halogens is 2. The second kappa shape index (κ2) is 4.38. The van der Waals surface area contributed by atoms with Gasteiger partial charge in [0.05, 0.1) is 10.6 Å². The van der Waals surface area contributed by atoms with Crippen LogP contribution in [0.15, 0.2) is 23.7 Å². The topological polar surface area (TPSA) is 25.8 Å². The molecule has 0 aromatic carbocycles. The first kappa shape index (κ1) is 10.1. The lowest BCUT2D eigenvalue weighted by Crippen LogP contribution is -1.91. The van der Waals surface area contributed by atoms with Gasteiger partial charge in [0.1, 0.15) is 0 Å². The van der Waals surface area contributed by atoms with Crippen LogP contribution < -0.4 is 0 Å². The van der Waals surface area contributed by atoms with Crippen LogP contribution in [0.1, 0.15) is 5.56 Å². The van der Waals surface area contributed by atoms with Crippen molar-refractivity contribution in [3.05, 3.63) is 34.6 Å². The summed E-state index contributed by atoms with van der Waals surface area (Å²) in [5.41, 5.74) is 1.97. The average molecular weight is 290 g/mol. The van der Waals surface area contributed by atoms with Gasteiger partial charge in [-0.2, -0.15) is 0 Å². The third kappa shape index (κ3) is 1.97. The smallest absolute Gasteiger partial charge is 0.222 e. The number of nitrogens with zero attached hydrogens (tertiary/aromatic N) is 2. The van der Waals surface area contributed by atoms with Gasteiger partial charge in [-0.3, -0.25) is 0 Å². The fourth-order valence-corrected chi connectivity index (χ4v) is 2.40. The van der Waals surface area contributed by atoms with Crippen LogP contribution in [0.25, 0.3) is 10.6 Å². The maximum atomic E-state index is 5.76. The highest BCUT2D eigenvalue weighted by Gasteiger charge is 2.08. The van der Waals surface area contributed by atoms with E-state index in [4.69, 9.17) is 11.6 Å². The average Bonchev–Trinajstić information content (AvgIpc) is 2.70. The van der Waals surface area contributed by atoms with Crippen molar-refractivity contribution in [2.75, 3.05) is 0 Å². The van der Waals surface area contributed by atoms with Crippen LogP contribution in [0.5, 0.6) is 0 Å². The summed E-state index contributed by atoms with van der Waals surface area (Å²) in [6.45, 7) is 0. The number of thiophene rings is 1. The minimum atomic E-state index is 0.290. The number of alkyl halides is 1. The van der Waals surface area contributed by atoms with E-state index < -0.39 is 0 Å².